The van der Waals surface area contributed by atoms with Crippen molar-refractivity contribution in [2.45, 2.75) is 0 Å². The summed E-state index contributed by atoms with van der Waals surface area (Å²) in [6, 6.07) is 99.2. The minimum Gasteiger partial charge on any atom is -0.0623 e. The zero-order chi connectivity index (χ0) is 43.2. The van der Waals surface area contributed by atoms with Crippen LogP contribution in [0.1, 0.15) is 0 Å². The van der Waals surface area contributed by atoms with Gasteiger partial charge >= 0.3 is 0 Å². The zero-order valence-corrected chi connectivity index (χ0v) is 36.9. The molecule has 0 aromatic heterocycles. The maximum absolute atomic E-state index is 2.60. The van der Waals surface area contributed by atoms with Crippen LogP contribution in [0.4, 0.5) is 0 Å². The summed E-state index contributed by atoms with van der Waals surface area (Å²) in [5, 5.41) is 15.5. The molecule has 0 amide bonds. The van der Waals surface area contributed by atoms with Gasteiger partial charge in [-0.25, -0.2) is 0 Å². The highest BCUT2D eigenvalue weighted by molar-refractivity contribution is 7.19. The van der Waals surface area contributed by atoms with Crippen LogP contribution in [-0.2, 0) is 0 Å². The smallest absolute Gasteiger partial charge is 0.0623 e. The average molecular weight is 841 g/mol. The Morgan fingerprint density at radius 2 is 0.554 bits per heavy atom. The van der Waals surface area contributed by atoms with Crippen LogP contribution in [0.25, 0.3) is 87.6 Å². The van der Waals surface area contributed by atoms with E-state index < -0.39 is 8.07 Å². The lowest BCUT2D eigenvalue weighted by Crippen LogP contribution is -2.74. The van der Waals surface area contributed by atoms with E-state index in [-0.39, 0.29) is 0 Å². The Labute approximate surface area is 381 Å². The van der Waals surface area contributed by atoms with Gasteiger partial charge in [0.15, 0.2) is 8.07 Å². The molecule has 1 heteroatoms. The second-order valence-corrected chi connectivity index (χ2v) is 21.0. The van der Waals surface area contributed by atoms with Gasteiger partial charge in [0.05, 0.1) is 0 Å². The first-order valence-electron chi connectivity index (χ1n) is 22.6. The number of hydrogen-bond acceptors (Lipinski definition) is 0. The van der Waals surface area contributed by atoms with Gasteiger partial charge in [0.25, 0.3) is 0 Å². The van der Waals surface area contributed by atoms with Crippen LogP contribution in [0.2, 0.25) is 0 Å². The minimum absolute atomic E-state index is 1.22. The lowest BCUT2D eigenvalue weighted by Gasteiger charge is -2.34. The van der Waals surface area contributed by atoms with Gasteiger partial charge in [-0.3, -0.25) is 0 Å². The van der Waals surface area contributed by atoms with Crippen LogP contribution in [-0.4, -0.2) is 8.07 Å². The van der Waals surface area contributed by atoms with E-state index in [1.807, 2.05) is 0 Å². The van der Waals surface area contributed by atoms with Crippen molar-refractivity contribution in [3.8, 4) is 44.5 Å². The first-order valence-corrected chi connectivity index (χ1v) is 24.6. The molecule has 12 rings (SSSR count). The summed E-state index contributed by atoms with van der Waals surface area (Å²) in [4.78, 5) is 0. The third-order valence-corrected chi connectivity index (χ3v) is 18.4. The Hall–Kier alpha value is -8.10. The Morgan fingerprint density at radius 3 is 1.12 bits per heavy atom. The molecular weight excluding hydrogens is 797 g/mol. The molecule has 0 saturated heterocycles. The molecule has 0 aliphatic rings. The molecule has 0 aliphatic carbocycles. The van der Waals surface area contributed by atoms with Crippen LogP contribution in [0.5, 0.6) is 0 Å². The number of hydrogen-bond donors (Lipinski definition) is 0. The molecule has 0 heterocycles. The molecule has 0 atom stereocenters. The lowest BCUT2D eigenvalue weighted by atomic mass is 9.83. The van der Waals surface area contributed by atoms with E-state index in [0.717, 1.165) is 0 Å². The standard InChI is InChI=1S/C64H44Si/c1-4-20-53(21-5-1)65(54-22-6-2-7-23-54,55-24-8-3-9-25-55)56-40-38-46(39-41-56)48-33-34-50-44-52(37-35-49(50)42-48)63-59-28-14-16-30-61(59)64(62-31-17-15-29-60(62)63)58-27-13-12-26-57(58)51-36-32-45-18-10-11-19-47(45)43-51/h1-44H. The highest BCUT2D eigenvalue weighted by Crippen LogP contribution is 2.46. The van der Waals surface area contributed by atoms with Crippen molar-refractivity contribution < 1.29 is 0 Å². The molecule has 12 aromatic carbocycles. The van der Waals surface area contributed by atoms with Crippen molar-refractivity contribution in [3.63, 3.8) is 0 Å². The Kier molecular flexibility index (Phi) is 9.63. The topological polar surface area (TPSA) is 0 Å². The number of fused-ring (bicyclic) bond motifs is 4. The number of benzene rings is 12. The lowest BCUT2D eigenvalue weighted by molar-refractivity contribution is 1.62. The van der Waals surface area contributed by atoms with Crippen molar-refractivity contribution in [1.82, 2.24) is 0 Å². The largest absolute Gasteiger partial charge is 0.179 e. The van der Waals surface area contributed by atoms with E-state index in [9.17, 15) is 0 Å². The summed E-state index contributed by atoms with van der Waals surface area (Å²) in [6.07, 6.45) is 0. The molecule has 0 aliphatic heterocycles. The van der Waals surface area contributed by atoms with Crippen molar-refractivity contribution in [3.05, 3.63) is 267 Å². The maximum atomic E-state index is 2.39. The molecule has 0 saturated carbocycles. The molecule has 0 unspecified atom stereocenters. The van der Waals surface area contributed by atoms with Crippen LogP contribution >= 0.6 is 0 Å². The van der Waals surface area contributed by atoms with E-state index in [1.165, 1.54) is 108 Å². The van der Waals surface area contributed by atoms with E-state index in [4.69, 9.17) is 0 Å². The predicted molar refractivity (Wildman–Crippen MR) is 282 cm³/mol. The Balaban J connectivity index is 0.953. The van der Waals surface area contributed by atoms with Gasteiger partial charge in [-0.15, -0.1) is 0 Å². The molecule has 0 N–H and O–H groups in total. The molecular formula is C64H44Si. The highest BCUT2D eigenvalue weighted by Gasteiger charge is 2.41. The second kappa shape index (κ2) is 16.2. The van der Waals surface area contributed by atoms with Gasteiger partial charge in [0.1, 0.15) is 0 Å². The van der Waals surface area contributed by atoms with Crippen LogP contribution in [0.15, 0.2) is 267 Å². The molecule has 0 radical (unpaired) electrons. The summed E-state index contributed by atoms with van der Waals surface area (Å²) < 4.78 is 0. The third kappa shape index (κ3) is 6.60. The van der Waals surface area contributed by atoms with Gasteiger partial charge < -0.3 is 0 Å². The molecule has 12 aromatic rings. The van der Waals surface area contributed by atoms with E-state index in [0.29, 0.717) is 0 Å². The highest BCUT2D eigenvalue weighted by atomic mass is 28.3. The number of rotatable bonds is 8. The first-order chi connectivity index (χ1) is 32.2. The van der Waals surface area contributed by atoms with Gasteiger partial charge in [-0.2, -0.15) is 0 Å². The zero-order valence-electron chi connectivity index (χ0n) is 35.9. The van der Waals surface area contributed by atoms with E-state index >= 15 is 0 Å². The van der Waals surface area contributed by atoms with Crippen molar-refractivity contribution in [1.29, 1.82) is 0 Å². The van der Waals surface area contributed by atoms with Gasteiger partial charge in [-0.1, -0.05) is 249 Å². The van der Waals surface area contributed by atoms with Gasteiger partial charge in [-0.05, 0) is 127 Å². The average Bonchev–Trinajstić information content (AvgIpc) is 3.39. The molecule has 0 spiro atoms. The monoisotopic (exact) mass is 840 g/mol. The molecule has 0 fully saturated rings. The van der Waals surface area contributed by atoms with Crippen LogP contribution < -0.4 is 20.7 Å². The quantitative estimate of drug-likeness (QED) is 0.0812. The Bertz CT molecular complexity index is 3530. The SMILES string of the molecule is c1ccc([Si](c2ccccc2)(c2ccccc2)c2ccc(-c3ccc4cc(-c5c6ccccc6c(-c6ccccc6-c6ccc7ccccc7c6)c6ccccc56)ccc4c3)cc2)cc1. The van der Waals surface area contributed by atoms with E-state index in [2.05, 4.69) is 267 Å². The van der Waals surface area contributed by atoms with E-state index in [1.54, 1.807) is 0 Å². The normalized spacial score (nSPS) is 11.7. The maximum Gasteiger partial charge on any atom is 0.179 e. The first kappa shape index (κ1) is 38.6. The fourth-order valence-corrected chi connectivity index (χ4v) is 15.3. The van der Waals surface area contributed by atoms with Gasteiger partial charge in [0, 0.05) is 0 Å². The van der Waals surface area contributed by atoms with Gasteiger partial charge in [0.2, 0.25) is 0 Å². The summed E-state index contributed by atoms with van der Waals surface area (Å²) in [7, 11) is -2.60. The van der Waals surface area contributed by atoms with Crippen molar-refractivity contribution in [2.75, 3.05) is 0 Å². The van der Waals surface area contributed by atoms with Crippen LogP contribution in [0.3, 0.4) is 0 Å². The fourth-order valence-electron chi connectivity index (χ4n) is 10.6. The third-order valence-electron chi connectivity index (χ3n) is 13.6. The molecule has 0 bridgehead atoms. The van der Waals surface area contributed by atoms with Crippen molar-refractivity contribution >= 4 is 71.9 Å². The summed E-state index contributed by atoms with van der Waals surface area (Å²) in [5.74, 6) is 0. The fraction of sp³-hybridized carbons (Fsp3) is 0. The molecule has 0 nitrogen and oxygen atoms in total. The van der Waals surface area contributed by atoms with Crippen LogP contribution in [0, 0.1) is 0 Å². The molecule has 65 heavy (non-hydrogen) atoms. The summed E-state index contributed by atoms with van der Waals surface area (Å²) >= 11 is 0. The minimum atomic E-state index is -2.60. The Morgan fingerprint density at radius 1 is 0.200 bits per heavy atom. The molecule has 304 valence electrons. The van der Waals surface area contributed by atoms with Crippen molar-refractivity contribution in [2.24, 2.45) is 0 Å². The second-order valence-electron chi connectivity index (χ2n) is 17.2. The predicted octanol–water partition coefficient (Wildman–Crippen LogP) is 14.3. The summed E-state index contributed by atoms with van der Waals surface area (Å²) in [5.41, 5.74) is 9.91. The summed E-state index contributed by atoms with van der Waals surface area (Å²) in [6.45, 7) is 0.